The van der Waals surface area contributed by atoms with Crippen LogP contribution in [0.4, 0.5) is 5.69 Å². The normalized spacial score (nSPS) is 22.3. The standard InChI is InChI=1S/C14H15BrClNO3/c15-10-4-5-11(16)12(7-10)17-13(18)8-2-1-3-9(6-8)14(19)20/h4-5,7-9H,1-3,6H2,(H,17,18)(H,19,20). The molecule has 1 aromatic rings. The van der Waals surface area contributed by atoms with Crippen LogP contribution in [0.2, 0.25) is 5.02 Å². The van der Waals surface area contributed by atoms with Gasteiger partial charge in [0.15, 0.2) is 0 Å². The molecule has 108 valence electrons. The van der Waals surface area contributed by atoms with Crippen LogP contribution in [0.15, 0.2) is 22.7 Å². The molecular weight excluding hydrogens is 346 g/mol. The van der Waals surface area contributed by atoms with Gasteiger partial charge in [0, 0.05) is 10.4 Å². The lowest BCUT2D eigenvalue weighted by Crippen LogP contribution is -2.31. The zero-order valence-electron chi connectivity index (χ0n) is 10.7. The van der Waals surface area contributed by atoms with Crippen molar-refractivity contribution in [1.29, 1.82) is 0 Å². The first-order chi connectivity index (χ1) is 9.47. The van der Waals surface area contributed by atoms with Gasteiger partial charge in [-0.15, -0.1) is 0 Å². The number of carboxylic acid groups (broad SMARTS) is 1. The number of benzene rings is 1. The summed E-state index contributed by atoms with van der Waals surface area (Å²) in [4.78, 5) is 23.2. The molecule has 2 rings (SSSR count). The quantitative estimate of drug-likeness (QED) is 0.858. The number of rotatable bonds is 3. The maximum absolute atomic E-state index is 12.2. The van der Waals surface area contributed by atoms with Gasteiger partial charge in [0.2, 0.25) is 5.91 Å². The van der Waals surface area contributed by atoms with Crippen molar-refractivity contribution in [2.24, 2.45) is 11.8 Å². The third-order valence-corrected chi connectivity index (χ3v) is 4.40. The van der Waals surface area contributed by atoms with E-state index in [1.807, 2.05) is 0 Å². The van der Waals surface area contributed by atoms with Gasteiger partial charge in [0.25, 0.3) is 0 Å². The maximum atomic E-state index is 12.2. The molecule has 6 heteroatoms. The summed E-state index contributed by atoms with van der Waals surface area (Å²) in [5, 5.41) is 12.3. The summed E-state index contributed by atoms with van der Waals surface area (Å²) in [6.45, 7) is 0. The van der Waals surface area contributed by atoms with E-state index in [4.69, 9.17) is 16.7 Å². The Balaban J connectivity index is 2.04. The van der Waals surface area contributed by atoms with Crippen LogP contribution < -0.4 is 5.32 Å². The average molecular weight is 361 g/mol. The number of carbonyl (C=O) groups is 2. The number of amides is 1. The molecule has 2 unspecified atom stereocenters. The summed E-state index contributed by atoms with van der Waals surface area (Å²) in [6, 6.07) is 5.22. The van der Waals surface area contributed by atoms with E-state index in [2.05, 4.69) is 21.2 Å². The van der Waals surface area contributed by atoms with E-state index in [1.54, 1.807) is 18.2 Å². The van der Waals surface area contributed by atoms with Gasteiger partial charge in [-0.1, -0.05) is 34.0 Å². The number of nitrogens with one attached hydrogen (secondary N) is 1. The van der Waals surface area contributed by atoms with E-state index in [0.29, 0.717) is 23.6 Å². The van der Waals surface area contributed by atoms with Crippen molar-refractivity contribution in [3.05, 3.63) is 27.7 Å². The molecule has 20 heavy (non-hydrogen) atoms. The number of hydrogen-bond acceptors (Lipinski definition) is 2. The molecule has 0 saturated heterocycles. The first-order valence-corrected chi connectivity index (χ1v) is 7.63. The van der Waals surface area contributed by atoms with Crippen molar-refractivity contribution < 1.29 is 14.7 Å². The van der Waals surface area contributed by atoms with Crippen molar-refractivity contribution in [1.82, 2.24) is 0 Å². The molecule has 0 heterocycles. The van der Waals surface area contributed by atoms with Gasteiger partial charge in [0.1, 0.15) is 0 Å². The van der Waals surface area contributed by atoms with E-state index < -0.39 is 11.9 Å². The van der Waals surface area contributed by atoms with Crippen molar-refractivity contribution in [2.45, 2.75) is 25.7 Å². The lowest BCUT2D eigenvalue weighted by molar-refractivity contribution is -0.143. The number of carboxylic acids is 1. The topological polar surface area (TPSA) is 66.4 Å². The molecule has 1 fully saturated rings. The Kier molecular flexibility index (Phi) is 5.05. The molecule has 0 bridgehead atoms. The monoisotopic (exact) mass is 359 g/mol. The van der Waals surface area contributed by atoms with Gasteiger partial charge >= 0.3 is 5.97 Å². The van der Waals surface area contributed by atoms with Crippen LogP contribution in [0.5, 0.6) is 0 Å². The highest BCUT2D eigenvalue weighted by Crippen LogP contribution is 2.31. The molecule has 0 aromatic heterocycles. The molecular formula is C14H15BrClNO3. The minimum atomic E-state index is -0.817. The van der Waals surface area contributed by atoms with Crippen LogP contribution in [-0.2, 0) is 9.59 Å². The highest BCUT2D eigenvalue weighted by molar-refractivity contribution is 9.10. The SMILES string of the molecule is O=C(O)C1CCCC(C(=O)Nc2cc(Br)ccc2Cl)C1. The van der Waals surface area contributed by atoms with Crippen LogP contribution in [0, 0.1) is 11.8 Å². The average Bonchev–Trinajstić information content (AvgIpc) is 2.43. The van der Waals surface area contributed by atoms with E-state index in [9.17, 15) is 9.59 Å². The Morgan fingerprint density at radius 2 is 2.00 bits per heavy atom. The maximum Gasteiger partial charge on any atom is 0.306 e. The third-order valence-electron chi connectivity index (χ3n) is 3.58. The van der Waals surface area contributed by atoms with E-state index >= 15 is 0 Å². The lowest BCUT2D eigenvalue weighted by atomic mass is 9.81. The fraction of sp³-hybridized carbons (Fsp3) is 0.429. The Bertz CT molecular complexity index is 535. The molecule has 1 aliphatic rings. The van der Waals surface area contributed by atoms with Crippen LogP contribution in [0.25, 0.3) is 0 Å². The number of carbonyl (C=O) groups excluding carboxylic acids is 1. The fourth-order valence-corrected chi connectivity index (χ4v) is 3.01. The van der Waals surface area contributed by atoms with Crippen LogP contribution >= 0.6 is 27.5 Å². The van der Waals surface area contributed by atoms with Crippen molar-refractivity contribution in [3.63, 3.8) is 0 Å². The first kappa shape index (κ1) is 15.3. The summed E-state index contributed by atoms with van der Waals surface area (Å²) >= 11 is 9.35. The summed E-state index contributed by atoms with van der Waals surface area (Å²) in [7, 11) is 0. The Morgan fingerprint density at radius 3 is 2.70 bits per heavy atom. The second-order valence-electron chi connectivity index (χ2n) is 5.01. The number of aliphatic carboxylic acids is 1. The highest BCUT2D eigenvalue weighted by atomic mass is 79.9. The molecule has 1 aromatic carbocycles. The lowest BCUT2D eigenvalue weighted by Gasteiger charge is -2.25. The predicted octanol–water partition coefficient (Wildman–Crippen LogP) is 3.93. The smallest absolute Gasteiger partial charge is 0.306 e. The molecule has 1 amide bonds. The first-order valence-electron chi connectivity index (χ1n) is 6.46. The molecule has 0 spiro atoms. The van der Waals surface area contributed by atoms with E-state index in [0.717, 1.165) is 17.3 Å². The Morgan fingerprint density at radius 1 is 1.30 bits per heavy atom. The Hall–Kier alpha value is -1.07. The number of hydrogen-bond donors (Lipinski definition) is 2. The van der Waals surface area contributed by atoms with Gasteiger partial charge in [-0.3, -0.25) is 9.59 Å². The molecule has 1 aliphatic carbocycles. The fourth-order valence-electron chi connectivity index (χ4n) is 2.48. The molecule has 2 N–H and O–H groups in total. The van der Waals surface area contributed by atoms with Crippen molar-refractivity contribution >= 4 is 45.1 Å². The minimum absolute atomic E-state index is 0.157. The van der Waals surface area contributed by atoms with Crippen LogP contribution in [0.3, 0.4) is 0 Å². The van der Waals surface area contributed by atoms with E-state index in [1.165, 1.54) is 0 Å². The second kappa shape index (κ2) is 6.59. The summed E-state index contributed by atoms with van der Waals surface area (Å²) in [6.07, 6.45) is 2.53. The van der Waals surface area contributed by atoms with E-state index in [-0.39, 0.29) is 11.8 Å². The highest BCUT2D eigenvalue weighted by Gasteiger charge is 2.31. The molecule has 4 nitrogen and oxygen atoms in total. The summed E-state index contributed by atoms with van der Waals surface area (Å²) in [5.41, 5.74) is 0.545. The van der Waals surface area contributed by atoms with Gasteiger partial charge in [-0.2, -0.15) is 0 Å². The molecule has 2 atom stereocenters. The van der Waals surface area contributed by atoms with Crippen molar-refractivity contribution in [3.8, 4) is 0 Å². The Labute approximate surface area is 130 Å². The predicted molar refractivity (Wildman–Crippen MR) is 80.9 cm³/mol. The van der Waals surface area contributed by atoms with Crippen molar-refractivity contribution in [2.75, 3.05) is 5.32 Å². The van der Waals surface area contributed by atoms with Gasteiger partial charge in [-0.05, 0) is 37.5 Å². The van der Waals surface area contributed by atoms with Crippen LogP contribution in [0.1, 0.15) is 25.7 Å². The van der Waals surface area contributed by atoms with Crippen LogP contribution in [-0.4, -0.2) is 17.0 Å². The largest absolute Gasteiger partial charge is 0.481 e. The molecule has 1 saturated carbocycles. The second-order valence-corrected chi connectivity index (χ2v) is 6.33. The zero-order valence-corrected chi connectivity index (χ0v) is 13.1. The van der Waals surface area contributed by atoms with Gasteiger partial charge in [0.05, 0.1) is 16.6 Å². The number of halogens is 2. The number of anilines is 1. The molecule has 0 radical (unpaired) electrons. The summed E-state index contributed by atoms with van der Waals surface area (Å²) < 4.78 is 0.823. The zero-order chi connectivity index (χ0) is 14.7. The van der Waals surface area contributed by atoms with Gasteiger partial charge < -0.3 is 10.4 Å². The third kappa shape index (κ3) is 3.73. The molecule has 0 aliphatic heterocycles. The minimum Gasteiger partial charge on any atom is -0.481 e. The van der Waals surface area contributed by atoms with Gasteiger partial charge in [-0.25, -0.2) is 0 Å². The summed E-state index contributed by atoms with van der Waals surface area (Å²) in [5.74, 6) is -1.66.